The maximum Gasteiger partial charge on any atom is 0.261 e. The molecule has 2 amide bonds. The molecule has 2 N–H and O–H groups in total. The van der Waals surface area contributed by atoms with E-state index in [4.69, 9.17) is 0 Å². The van der Waals surface area contributed by atoms with Crippen LogP contribution in [0.15, 0.2) is 12.1 Å². The number of piperidine rings is 1. The molecule has 6 heteroatoms. The Hall–Kier alpha value is -1.40. The van der Waals surface area contributed by atoms with Crippen LogP contribution in [0.25, 0.3) is 0 Å². The molecule has 1 aromatic rings. The number of carbonyl (C=O) groups is 2. The van der Waals surface area contributed by atoms with Gasteiger partial charge in [0.25, 0.3) is 5.91 Å². The van der Waals surface area contributed by atoms with E-state index < -0.39 is 0 Å². The van der Waals surface area contributed by atoms with Crippen molar-refractivity contribution >= 4 is 23.2 Å². The van der Waals surface area contributed by atoms with Gasteiger partial charge < -0.3 is 15.5 Å². The smallest absolute Gasteiger partial charge is 0.261 e. The average Bonchev–Trinajstić information content (AvgIpc) is 3.19. The monoisotopic (exact) mass is 335 g/mol. The first-order chi connectivity index (χ1) is 11.1. The van der Waals surface area contributed by atoms with Gasteiger partial charge in [-0.15, -0.1) is 11.3 Å². The Balaban J connectivity index is 1.42. The fourth-order valence-corrected chi connectivity index (χ4v) is 4.13. The van der Waals surface area contributed by atoms with E-state index in [1.807, 2.05) is 24.0 Å². The quantitative estimate of drug-likeness (QED) is 0.884. The van der Waals surface area contributed by atoms with Gasteiger partial charge in [0.1, 0.15) is 0 Å². The molecule has 0 aromatic carbocycles. The third-order valence-corrected chi connectivity index (χ3v) is 5.73. The van der Waals surface area contributed by atoms with Crippen molar-refractivity contribution in [1.29, 1.82) is 0 Å². The normalized spacial score (nSPS) is 22.3. The van der Waals surface area contributed by atoms with Crippen LogP contribution in [0.1, 0.15) is 46.7 Å². The number of hydrogen-bond donors (Lipinski definition) is 2. The summed E-state index contributed by atoms with van der Waals surface area (Å²) >= 11 is 1.52. The molecule has 5 nitrogen and oxygen atoms in total. The van der Waals surface area contributed by atoms with Crippen molar-refractivity contribution in [2.75, 3.05) is 19.6 Å². The van der Waals surface area contributed by atoms with E-state index in [1.165, 1.54) is 17.8 Å². The first-order valence-corrected chi connectivity index (χ1v) is 9.32. The topological polar surface area (TPSA) is 61.4 Å². The molecule has 3 rings (SSSR count). The minimum Gasteiger partial charge on any atom is -0.348 e. The van der Waals surface area contributed by atoms with Gasteiger partial charge in [-0.2, -0.15) is 0 Å². The molecule has 0 aliphatic carbocycles. The minimum atomic E-state index is 0.0167. The first-order valence-electron chi connectivity index (χ1n) is 8.50. The van der Waals surface area contributed by atoms with Crippen LogP contribution in [0.5, 0.6) is 0 Å². The Labute approximate surface area is 141 Å². The highest BCUT2D eigenvalue weighted by atomic mass is 32.1. The highest BCUT2D eigenvalue weighted by Crippen LogP contribution is 2.18. The fourth-order valence-electron chi connectivity index (χ4n) is 3.36. The van der Waals surface area contributed by atoms with Crippen LogP contribution in [0.3, 0.4) is 0 Å². The lowest BCUT2D eigenvalue weighted by atomic mass is 10.0. The lowest BCUT2D eigenvalue weighted by Gasteiger charge is -2.33. The van der Waals surface area contributed by atoms with E-state index >= 15 is 0 Å². The van der Waals surface area contributed by atoms with Crippen LogP contribution >= 0.6 is 11.3 Å². The lowest BCUT2D eigenvalue weighted by molar-refractivity contribution is -0.132. The molecule has 1 unspecified atom stereocenters. The summed E-state index contributed by atoms with van der Waals surface area (Å²) in [4.78, 5) is 28.4. The number of nitrogens with zero attached hydrogens (tertiary/aromatic N) is 1. The average molecular weight is 335 g/mol. The van der Waals surface area contributed by atoms with E-state index in [0.717, 1.165) is 48.7 Å². The van der Waals surface area contributed by atoms with E-state index in [9.17, 15) is 9.59 Å². The summed E-state index contributed by atoms with van der Waals surface area (Å²) < 4.78 is 0. The zero-order valence-electron chi connectivity index (χ0n) is 13.6. The molecule has 23 heavy (non-hydrogen) atoms. The molecular weight excluding hydrogens is 310 g/mol. The van der Waals surface area contributed by atoms with Gasteiger partial charge in [-0.1, -0.05) is 0 Å². The predicted octanol–water partition coefficient (Wildman–Crippen LogP) is 1.92. The molecule has 1 aromatic heterocycles. The highest BCUT2D eigenvalue weighted by Gasteiger charge is 2.26. The Morgan fingerprint density at radius 3 is 2.70 bits per heavy atom. The molecule has 0 bridgehead atoms. The largest absolute Gasteiger partial charge is 0.348 e. The van der Waals surface area contributed by atoms with Gasteiger partial charge in [0.15, 0.2) is 0 Å². The summed E-state index contributed by atoms with van der Waals surface area (Å²) in [6.07, 6.45) is 4.60. The van der Waals surface area contributed by atoms with Crippen molar-refractivity contribution in [3.8, 4) is 0 Å². The van der Waals surface area contributed by atoms with Gasteiger partial charge >= 0.3 is 0 Å². The van der Waals surface area contributed by atoms with E-state index in [-0.39, 0.29) is 17.9 Å². The van der Waals surface area contributed by atoms with Gasteiger partial charge in [-0.25, -0.2) is 0 Å². The Morgan fingerprint density at radius 1 is 1.30 bits per heavy atom. The van der Waals surface area contributed by atoms with Crippen LogP contribution in [0.4, 0.5) is 0 Å². The first kappa shape index (κ1) is 16.5. The van der Waals surface area contributed by atoms with Crippen LogP contribution in [-0.4, -0.2) is 48.4 Å². The fraction of sp³-hybridized carbons (Fsp3) is 0.647. The molecule has 0 saturated carbocycles. The summed E-state index contributed by atoms with van der Waals surface area (Å²) in [7, 11) is 0. The summed E-state index contributed by atoms with van der Waals surface area (Å²) in [5, 5.41) is 6.48. The second-order valence-corrected chi connectivity index (χ2v) is 7.82. The second kappa shape index (κ2) is 7.45. The zero-order chi connectivity index (χ0) is 16.2. The van der Waals surface area contributed by atoms with Gasteiger partial charge in [0.05, 0.1) is 4.88 Å². The lowest BCUT2D eigenvalue weighted by Crippen LogP contribution is -2.47. The number of rotatable bonds is 4. The number of aryl methyl sites for hydroxylation is 1. The Bertz CT molecular complexity index is 558. The standard InChI is InChI=1S/C17H25N3O2S/c1-12-4-5-15(23-12)17(22)19-13-6-9-20(10-7-13)16(21)11-14-3-2-8-18-14/h4-5,13-14,18H,2-3,6-11H2,1H3,(H,19,22). The SMILES string of the molecule is Cc1ccc(C(=O)NC2CCN(C(=O)CC3CCCN3)CC2)s1. The van der Waals surface area contributed by atoms with Crippen molar-refractivity contribution in [2.24, 2.45) is 0 Å². The highest BCUT2D eigenvalue weighted by molar-refractivity contribution is 7.13. The van der Waals surface area contributed by atoms with E-state index in [0.29, 0.717) is 12.5 Å². The maximum absolute atomic E-state index is 12.3. The number of amides is 2. The third kappa shape index (κ3) is 4.32. The molecule has 0 spiro atoms. The Morgan fingerprint density at radius 2 is 2.09 bits per heavy atom. The van der Waals surface area contributed by atoms with Crippen molar-refractivity contribution in [1.82, 2.24) is 15.5 Å². The number of nitrogens with one attached hydrogen (secondary N) is 2. The number of carbonyl (C=O) groups excluding carboxylic acids is 2. The molecule has 1 atom stereocenters. The minimum absolute atomic E-state index is 0.0167. The molecule has 126 valence electrons. The van der Waals surface area contributed by atoms with Crippen molar-refractivity contribution in [3.63, 3.8) is 0 Å². The van der Waals surface area contributed by atoms with Gasteiger partial charge in [-0.3, -0.25) is 9.59 Å². The van der Waals surface area contributed by atoms with Crippen molar-refractivity contribution in [3.05, 3.63) is 21.9 Å². The van der Waals surface area contributed by atoms with Crippen LogP contribution < -0.4 is 10.6 Å². The third-order valence-electron chi connectivity index (χ3n) is 4.73. The molecular formula is C17H25N3O2S. The molecule has 2 aliphatic heterocycles. The second-order valence-electron chi connectivity index (χ2n) is 6.54. The van der Waals surface area contributed by atoms with Crippen molar-refractivity contribution < 1.29 is 9.59 Å². The number of hydrogen-bond acceptors (Lipinski definition) is 4. The zero-order valence-corrected chi connectivity index (χ0v) is 14.5. The van der Waals surface area contributed by atoms with Gasteiger partial charge in [0.2, 0.25) is 5.91 Å². The molecule has 3 heterocycles. The summed E-state index contributed by atoms with van der Waals surface area (Å²) in [6.45, 7) is 4.54. The van der Waals surface area contributed by atoms with Crippen LogP contribution in [0, 0.1) is 6.92 Å². The Kier molecular flexibility index (Phi) is 5.33. The van der Waals surface area contributed by atoms with E-state index in [1.54, 1.807) is 0 Å². The van der Waals surface area contributed by atoms with E-state index in [2.05, 4.69) is 10.6 Å². The summed E-state index contributed by atoms with van der Waals surface area (Å²) in [5.41, 5.74) is 0. The number of thiophene rings is 1. The van der Waals surface area contributed by atoms with Gasteiger partial charge in [-0.05, 0) is 51.3 Å². The summed E-state index contributed by atoms with van der Waals surface area (Å²) in [6, 6.07) is 4.39. The number of likely N-dealkylation sites (tertiary alicyclic amines) is 1. The van der Waals surface area contributed by atoms with Crippen molar-refractivity contribution in [2.45, 2.75) is 51.1 Å². The molecule has 2 saturated heterocycles. The van der Waals surface area contributed by atoms with Gasteiger partial charge in [0, 0.05) is 36.5 Å². The predicted molar refractivity (Wildman–Crippen MR) is 91.8 cm³/mol. The maximum atomic E-state index is 12.3. The van der Waals surface area contributed by atoms with Crippen LogP contribution in [-0.2, 0) is 4.79 Å². The van der Waals surface area contributed by atoms with Crippen LogP contribution in [0.2, 0.25) is 0 Å². The molecule has 2 aliphatic rings. The summed E-state index contributed by atoms with van der Waals surface area (Å²) in [5.74, 6) is 0.270. The molecule has 2 fully saturated rings. The molecule has 0 radical (unpaired) electrons.